The van der Waals surface area contributed by atoms with Gasteiger partial charge in [-0.05, 0) is 57.0 Å². The van der Waals surface area contributed by atoms with Gasteiger partial charge < -0.3 is 4.90 Å². The number of nitrogens with zero attached hydrogens (tertiary/aromatic N) is 1. The first-order valence-corrected chi connectivity index (χ1v) is 5.00. The number of piperidine rings is 1. The van der Waals surface area contributed by atoms with Crippen molar-refractivity contribution < 1.29 is 0 Å². The largest absolute Gasteiger partial charge is 0.303 e. The molecular formula is C10H17N. The van der Waals surface area contributed by atoms with Crippen LogP contribution in [0.25, 0.3) is 0 Å². The second-order valence-electron chi connectivity index (χ2n) is 4.93. The predicted molar refractivity (Wildman–Crippen MR) is 45.4 cm³/mol. The molecule has 0 aromatic rings. The smallest absolute Gasteiger partial charge is 0.00977 e. The molecular weight excluding hydrogens is 134 g/mol. The number of hydrogen-bond acceptors (Lipinski definition) is 1. The molecule has 3 unspecified atom stereocenters. The summed E-state index contributed by atoms with van der Waals surface area (Å²) < 4.78 is 0. The molecule has 3 aliphatic rings. The average molecular weight is 151 g/mol. The number of rotatable bonds is 0. The highest BCUT2D eigenvalue weighted by Crippen LogP contribution is 2.65. The van der Waals surface area contributed by atoms with E-state index < -0.39 is 0 Å². The van der Waals surface area contributed by atoms with E-state index in [0.717, 1.165) is 17.4 Å². The lowest BCUT2D eigenvalue weighted by atomic mass is 9.79. The van der Waals surface area contributed by atoms with Gasteiger partial charge in [-0.15, -0.1) is 0 Å². The van der Waals surface area contributed by atoms with Gasteiger partial charge in [-0.3, -0.25) is 0 Å². The average Bonchev–Trinajstić information content (AvgIpc) is 2.71. The van der Waals surface area contributed by atoms with Crippen LogP contribution < -0.4 is 0 Å². The lowest BCUT2D eigenvalue weighted by Crippen LogP contribution is -2.43. The first-order valence-electron chi connectivity index (χ1n) is 5.00. The van der Waals surface area contributed by atoms with Gasteiger partial charge in [0, 0.05) is 6.04 Å². The number of hydrogen-bond donors (Lipinski definition) is 0. The van der Waals surface area contributed by atoms with E-state index in [4.69, 9.17) is 0 Å². The van der Waals surface area contributed by atoms with Crippen molar-refractivity contribution in [1.82, 2.24) is 4.90 Å². The van der Waals surface area contributed by atoms with E-state index in [9.17, 15) is 0 Å². The van der Waals surface area contributed by atoms with Crippen molar-refractivity contribution in [3.63, 3.8) is 0 Å². The van der Waals surface area contributed by atoms with Crippen LogP contribution in [0, 0.1) is 11.3 Å². The molecule has 3 atom stereocenters. The molecule has 1 nitrogen and oxygen atoms in total. The predicted octanol–water partition coefficient (Wildman–Crippen LogP) is 1.88. The van der Waals surface area contributed by atoms with Crippen molar-refractivity contribution in [3.8, 4) is 0 Å². The maximum Gasteiger partial charge on any atom is 0.00977 e. The minimum absolute atomic E-state index is 0.884. The van der Waals surface area contributed by atoms with E-state index in [0.29, 0.717) is 0 Å². The summed E-state index contributed by atoms with van der Waals surface area (Å²) in [5.74, 6) is 1.16. The molecule has 0 aromatic heterocycles. The molecule has 2 bridgehead atoms. The van der Waals surface area contributed by atoms with E-state index in [-0.39, 0.29) is 0 Å². The Morgan fingerprint density at radius 3 is 3.09 bits per heavy atom. The van der Waals surface area contributed by atoms with Gasteiger partial charge in [0.15, 0.2) is 0 Å². The van der Waals surface area contributed by atoms with Gasteiger partial charge in [0.25, 0.3) is 0 Å². The van der Waals surface area contributed by atoms with E-state index in [2.05, 4.69) is 11.9 Å². The zero-order chi connectivity index (χ0) is 7.47. The zero-order valence-electron chi connectivity index (χ0n) is 7.34. The molecule has 0 amide bonds. The summed E-state index contributed by atoms with van der Waals surface area (Å²) in [6.07, 6.45) is 7.65. The van der Waals surface area contributed by atoms with Gasteiger partial charge in [0.2, 0.25) is 0 Å². The standard InChI is InChI=1S/C10H17N/c1-11-5-4-10-6-8(10)2-3-9(11)7-10/h8-9H,2-7H2,1H3. The first-order chi connectivity index (χ1) is 5.30. The van der Waals surface area contributed by atoms with Crippen LogP contribution in [0.1, 0.15) is 32.1 Å². The summed E-state index contributed by atoms with van der Waals surface area (Å²) in [6.45, 7) is 1.38. The van der Waals surface area contributed by atoms with Gasteiger partial charge >= 0.3 is 0 Å². The Balaban J connectivity index is 1.85. The fourth-order valence-electron chi connectivity index (χ4n) is 3.42. The minimum atomic E-state index is 0.884. The Morgan fingerprint density at radius 2 is 2.18 bits per heavy atom. The molecule has 1 heteroatoms. The molecule has 2 aliphatic carbocycles. The Labute approximate surface area is 68.8 Å². The van der Waals surface area contributed by atoms with Crippen LogP contribution in [0.2, 0.25) is 0 Å². The summed E-state index contributed by atoms with van der Waals surface area (Å²) in [6, 6.07) is 0.961. The second-order valence-corrected chi connectivity index (χ2v) is 4.93. The normalized spacial score (nSPS) is 55.4. The third kappa shape index (κ3) is 0.752. The highest BCUT2D eigenvalue weighted by Gasteiger charge is 2.58. The summed E-state index contributed by atoms with van der Waals surface area (Å²) in [5, 5.41) is 0. The monoisotopic (exact) mass is 151 g/mol. The molecule has 0 radical (unpaired) electrons. The number of likely N-dealkylation sites (tertiary alicyclic amines) is 1. The fraction of sp³-hybridized carbons (Fsp3) is 1.00. The highest BCUT2D eigenvalue weighted by atomic mass is 15.1. The van der Waals surface area contributed by atoms with E-state index in [1.807, 2.05) is 0 Å². The van der Waals surface area contributed by atoms with Crippen molar-refractivity contribution in [2.24, 2.45) is 11.3 Å². The minimum Gasteiger partial charge on any atom is -0.303 e. The summed E-state index contributed by atoms with van der Waals surface area (Å²) in [7, 11) is 2.31. The van der Waals surface area contributed by atoms with Crippen molar-refractivity contribution in [1.29, 1.82) is 0 Å². The lowest BCUT2D eigenvalue weighted by Gasteiger charge is -2.41. The van der Waals surface area contributed by atoms with E-state index in [1.54, 1.807) is 6.42 Å². The Kier molecular flexibility index (Phi) is 1.07. The molecule has 3 rings (SSSR count). The highest BCUT2D eigenvalue weighted by molar-refractivity contribution is 5.10. The summed E-state index contributed by atoms with van der Waals surface area (Å²) >= 11 is 0. The summed E-state index contributed by atoms with van der Waals surface area (Å²) in [4.78, 5) is 2.58. The molecule has 1 spiro atoms. The van der Waals surface area contributed by atoms with Gasteiger partial charge in [-0.25, -0.2) is 0 Å². The van der Waals surface area contributed by atoms with Crippen molar-refractivity contribution in [2.75, 3.05) is 13.6 Å². The topological polar surface area (TPSA) is 3.24 Å². The second kappa shape index (κ2) is 1.82. The SMILES string of the molecule is CN1CCC23CC1CCC2C3. The quantitative estimate of drug-likeness (QED) is 0.511. The Bertz CT molecular complexity index is 189. The molecule has 1 saturated heterocycles. The Hall–Kier alpha value is -0.0400. The van der Waals surface area contributed by atoms with Gasteiger partial charge in [-0.1, -0.05) is 0 Å². The van der Waals surface area contributed by atoms with Crippen LogP contribution in [0.5, 0.6) is 0 Å². The maximum atomic E-state index is 2.58. The van der Waals surface area contributed by atoms with Crippen molar-refractivity contribution >= 4 is 0 Å². The lowest BCUT2D eigenvalue weighted by molar-refractivity contribution is 0.0860. The molecule has 0 aromatic carbocycles. The third-order valence-electron chi connectivity index (χ3n) is 4.44. The van der Waals surface area contributed by atoms with Crippen LogP contribution in [0.15, 0.2) is 0 Å². The third-order valence-corrected chi connectivity index (χ3v) is 4.44. The zero-order valence-corrected chi connectivity index (χ0v) is 7.34. The Morgan fingerprint density at radius 1 is 1.27 bits per heavy atom. The number of fused-ring (bicyclic) bond motifs is 1. The molecule has 0 N–H and O–H groups in total. The summed E-state index contributed by atoms with van der Waals surface area (Å²) in [5.41, 5.74) is 0.884. The molecule has 2 saturated carbocycles. The van der Waals surface area contributed by atoms with E-state index in [1.165, 1.54) is 32.2 Å². The fourth-order valence-corrected chi connectivity index (χ4v) is 3.42. The molecule has 1 heterocycles. The van der Waals surface area contributed by atoms with Gasteiger partial charge in [0.1, 0.15) is 0 Å². The molecule has 62 valence electrons. The van der Waals surface area contributed by atoms with Crippen LogP contribution in [-0.2, 0) is 0 Å². The van der Waals surface area contributed by atoms with E-state index >= 15 is 0 Å². The van der Waals surface area contributed by atoms with Gasteiger partial charge in [-0.2, -0.15) is 0 Å². The van der Waals surface area contributed by atoms with Crippen LogP contribution in [-0.4, -0.2) is 24.5 Å². The van der Waals surface area contributed by atoms with Crippen LogP contribution in [0.4, 0.5) is 0 Å². The molecule has 11 heavy (non-hydrogen) atoms. The van der Waals surface area contributed by atoms with Crippen LogP contribution >= 0.6 is 0 Å². The van der Waals surface area contributed by atoms with Crippen LogP contribution in [0.3, 0.4) is 0 Å². The molecule has 3 fully saturated rings. The maximum absolute atomic E-state index is 2.58. The first kappa shape index (κ1) is 6.47. The van der Waals surface area contributed by atoms with Crippen molar-refractivity contribution in [3.05, 3.63) is 0 Å². The van der Waals surface area contributed by atoms with Gasteiger partial charge in [0.05, 0.1) is 0 Å². The molecule has 1 aliphatic heterocycles. The van der Waals surface area contributed by atoms with Crippen molar-refractivity contribution in [2.45, 2.75) is 38.1 Å².